The summed E-state index contributed by atoms with van der Waals surface area (Å²) in [4.78, 5) is 3.06. The van der Waals surface area contributed by atoms with E-state index in [1.165, 1.54) is 6.07 Å². The average molecular weight is 223 g/mol. The predicted molar refractivity (Wildman–Crippen MR) is 61.7 cm³/mol. The second-order valence-corrected chi connectivity index (χ2v) is 5.19. The maximum Gasteiger partial charge on any atom is 0.150 e. The maximum atomic E-state index is 13.6. The zero-order valence-corrected chi connectivity index (χ0v) is 9.91. The van der Waals surface area contributed by atoms with Gasteiger partial charge in [-0.25, -0.2) is 8.78 Å². The maximum absolute atomic E-state index is 13.6. The highest BCUT2D eigenvalue weighted by molar-refractivity contribution is 5.85. The molecule has 0 atom stereocenters. The van der Waals surface area contributed by atoms with Gasteiger partial charge >= 0.3 is 0 Å². The van der Waals surface area contributed by atoms with Crippen molar-refractivity contribution in [2.24, 2.45) is 0 Å². The van der Waals surface area contributed by atoms with Crippen molar-refractivity contribution >= 4 is 10.9 Å². The molecule has 0 spiro atoms. The summed E-state index contributed by atoms with van der Waals surface area (Å²) in [6.45, 7) is 8.01. The minimum absolute atomic E-state index is 0.105. The Labute approximate surface area is 93.5 Å². The molecule has 1 aromatic carbocycles. The number of aryl methyl sites for hydroxylation is 1. The molecule has 86 valence electrons. The molecule has 0 radical (unpaired) electrons. The first-order valence-corrected chi connectivity index (χ1v) is 5.28. The summed E-state index contributed by atoms with van der Waals surface area (Å²) in [5, 5.41) is 0.627. The van der Waals surface area contributed by atoms with Crippen LogP contribution in [0.4, 0.5) is 8.78 Å². The second kappa shape index (κ2) is 3.30. The Kier molecular flexibility index (Phi) is 2.30. The monoisotopic (exact) mass is 223 g/mol. The number of aromatic amines is 1. The Morgan fingerprint density at radius 1 is 1.12 bits per heavy atom. The molecule has 0 fully saturated rings. The molecule has 0 unspecified atom stereocenters. The molecule has 0 saturated heterocycles. The minimum Gasteiger partial charge on any atom is -0.355 e. The Morgan fingerprint density at radius 3 is 2.31 bits per heavy atom. The van der Waals surface area contributed by atoms with Crippen LogP contribution in [0.5, 0.6) is 0 Å². The van der Waals surface area contributed by atoms with Crippen molar-refractivity contribution in [3.05, 3.63) is 35.0 Å². The van der Waals surface area contributed by atoms with Crippen LogP contribution in [0.2, 0.25) is 0 Å². The van der Waals surface area contributed by atoms with E-state index in [2.05, 4.69) is 4.98 Å². The Hall–Kier alpha value is -1.38. The topological polar surface area (TPSA) is 15.8 Å². The number of benzene rings is 1. The first-order valence-electron chi connectivity index (χ1n) is 5.28. The lowest BCUT2D eigenvalue weighted by Crippen LogP contribution is -2.12. The molecule has 0 aliphatic rings. The summed E-state index contributed by atoms with van der Waals surface area (Å²) in [7, 11) is 0. The predicted octanol–water partition coefficient (Wildman–Crippen LogP) is 4.05. The van der Waals surface area contributed by atoms with E-state index in [1.807, 2.05) is 27.7 Å². The van der Waals surface area contributed by atoms with Crippen LogP contribution < -0.4 is 0 Å². The number of fused-ring (bicyclic) bond motifs is 1. The molecule has 2 rings (SSSR count). The molecule has 0 bridgehead atoms. The van der Waals surface area contributed by atoms with E-state index >= 15 is 0 Å². The molecule has 2 aromatic rings. The molecule has 1 N–H and O–H groups in total. The normalized spacial score (nSPS) is 12.4. The van der Waals surface area contributed by atoms with Crippen LogP contribution in [-0.2, 0) is 5.41 Å². The van der Waals surface area contributed by atoms with Gasteiger partial charge in [-0.05, 0) is 18.6 Å². The smallest absolute Gasteiger partial charge is 0.150 e. The number of nitrogens with one attached hydrogen (secondary N) is 1. The molecule has 16 heavy (non-hydrogen) atoms. The standard InChI is InChI=1S/C13H15F2N/c1-7-9-5-8(14)6-10(15)11(9)16-12(7)13(2,3)4/h5-6,16H,1-4H3. The van der Waals surface area contributed by atoms with Crippen molar-refractivity contribution in [2.75, 3.05) is 0 Å². The van der Waals surface area contributed by atoms with Gasteiger partial charge in [0, 0.05) is 22.6 Å². The van der Waals surface area contributed by atoms with Gasteiger partial charge in [0.05, 0.1) is 5.52 Å². The van der Waals surface area contributed by atoms with Gasteiger partial charge in [0.2, 0.25) is 0 Å². The lowest BCUT2D eigenvalue weighted by atomic mass is 9.89. The van der Waals surface area contributed by atoms with E-state index in [-0.39, 0.29) is 5.41 Å². The van der Waals surface area contributed by atoms with Crippen LogP contribution in [0.25, 0.3) is 10.9 Å². The van der Waals surface area contributed by atoms with E-state index < -0.39 is 11.6 Å². The third kappa shape index (κ3) is 1.60. The molecule has 0 aliphatic carbocycles. The van der Waals surface area contributed by atoms with Crippen molar-refractivity contribution in [2.45, 2.75) is 33.1 Å². The first kappa shape index (κ1) is 11.1. The van der Waals surface area contributed by atoms with Crippen LogP contribution in [0.15, 0.2) is 12.1 Å². The Bertz CT molecular complexity index is 547. The lowest BCUT2D eigenvalue weighted by Gasteiger charge is -2.17. The first-order chi connectivity index (χ1) is 7.30. The molecule has 1 aromatic heterocycles. The van der Waals surface area contributed by atoms with Gasteiger partial charge in [-0.15, -0.1) is 0 Å². The average Bonchev–Trinajstić information content (AvgIpc) is 2.43. The summed E-state index contributed by atoms with van der Waals surface area (Å²) in [5.74, 6) is -1.07. The molecule has 0 amide bonds. The highest BCUT2D eigenvalue weighted by Crippen LogP contribution is 2.32. The summed E-state index contributed by atoms with van der Waals surface area (Å²) >= 11 is 0. The number of H-pyrrole nitrogens is 1. The van der Waals surface area contributed by atoms with Gasteiger partial charge in [0.1, 0.15) is 11.6 Å². The summed E-state index contributed by atoms with van der Waals surface area (Å²) < 4.78 is 26.7. The van der Waals surface area contributed by atoms with Crippen LogP contribution in [0.1, 0.15) is 32.0 Å². The highest BCUT2D eigenvalue weighted by atomic mass is 19.1. The summed E-state index contributed by atoms with van der Waals surface area (Å²) in [5.41, 5.74) is 2.16. The fraction of sp³-hybridized carbons (Fsp3) is 0.385. The third-order valence-corrected chi connectivity index (χ3v) is 2.83. The molecule has 1 heterocycles. The Morgan fingerprint density at radius 2 is 1.75 bits per heavy atom. The van der Waals surface area contributed by atoms with E-state index in [4.69, 9.17) is 0 Å². The summed E-state index contributed by atoms with van der Waals surface area (Å²) in [6, 6.07) is 2.28. The molecular weight excluding hydrogens is 208 g/mol. The van der Waals surface area contributed by atoms with Gasteiger partial charge < -0.3 is 4.98 Å². The van der Waals surface area contributed by atoms with Crippen molar-refractivity contribution in [1.29, 1.82) is 0 Å². The van der Waals surface area contributed by atoms with Gasteiger partial charge in [-0.3, -0.25) is 0 Å². The molecule has 3 heteroatoms. The van der Waals surface area contributed by atoms with Crippen molar-refractivity contribution in [3.63, 3.8) is 0 Å². The van der Waals surface area contributed by atoms with Gasteiger partial charge in [0.25, 0.3) is 0 Å². The number of halogens is 2. The van der Waals surface area contributed by atoms with E-state index in [0.717, 1.165) is 17.3 Å². The number of hydrogen-bond acceptors (Lipinski definition) is 0. The van der Waals surface area contributed by atoms with Crippen molar-refractivity contribution in [1.82, 2.24) is 4.98 Å². The van der Waals surface area contributed by atoms with E-state index in [1.54, 1.807) is 0 Å². The van der Waals surface area contributed by atoms with E-state index in [9.17, 15) is 8.78 Å². The van der Waals surface area contributed by atoms with Gasteiger partial charge in [-0.2, -0.15) is 0 Å². The quantitative estimate of drug-likeness (QED) is 0.693. The lowest BCUT2D eigenvalue weighted by molar-refractivity contribution is 0.568. The largest absolute Gasteiger partial charge is 0.355 e. The fourth-order valence-corrected chi connectivity index (χ4v) is 2.10. The van der Waals surface area contributed by atoms with E-state index in [0.29, 0.717) is 10.9 Å². The number of aromatic nitrogens is 1. The molecule has 0 saturated carbocycles. The van der Waals surface area contributed by atoms with Crippen LogP contribution in [-0.4, -0.2) is 4.98 Å². The third-order valence-electron chi connectivity index (χ3n) is 2.83. The zero-order valence-electron chi connectivity index (χ0n) is 9.91. The summed E-state index contributed by atoms with van der Waals surface area (Å²) in [6.07, 6.45) is 0. The number of hydrogen-bond donors (Lipinski definition) is 1. The second-order valence-electron chi connectivity index (χ2n) is 5.19. The number of rotatable bonds is 0. The van der Waals surface area contributed by atoms with Crippen molar-refractivity contribution in [3.8, 4) is 0 Å². The minimum atomic E-state index is -0.535. The van der Waals surface area contributed by atoms with Gasteiger partial charge in [0.15, 0.2) is 0 Å². The molecule has 1 nitrogen and oxygen atoms in total. The SMILES string of the molecule is Cc1c(C(C)(C)C)[nH]c2c(F)cc(F)cc12. The zero-order chi connectivity index (χ0) is 12.1. The van der Waals surface area contributed by atoms with Crippen molar-refractivity contribution < 1.29 is 8.78 Å². The van der Waals surface area contributed by atoms with Crippen LogP contribution in [0.3, 0.4) is 0 Å². The van der Waals surface area contributed by atoms with Crippen LogP contribution >= 0.6 is 0 Å². The van der Waals surface area contributed by atoms with Gasteiger partial charge in [-0.1, -0.05) is 20.8 Å². The molecule has 0 aliphatic heterocycles. The van der Waals surface area contributed by atoms with Crippen LogP contribution in [0, 0.1) is 18.6 Å². The fourth-order valence-electron chi connectivity index (χ4n) is 2.10. The molecular formula is C13H15F2N. The highest BCUT2D eigenvalue weighted by Gasteiger charge is 2.21. The Balaban J connectivity index is 2.83.